The third kappa shape index (κ3) is 1.97. The van der Waals surface area contributed by atoms with E-state index < -0.39 is 11.8 Å². The van der Waals surface area contributed by atoms with Gasteiger partial charge in [-0.3, -0.25) is 4.79 Å². The first-order valence-corrected chi connectivity index (χ1v) is 6.30. The third-order valence-corrected chi connectivity index (χ3v) is 3.94. The summed E-state index contributed by atoms with van der Waals surface area (Å²) < 4.78 is 5.31. The van der Waals surface area contributed by atoms with E-state index in [1.165, 1.54) is 0 Å². The van der Waals surface area contributed by atoms with E-state index in [0.29, 0.717) is 15.1 Å². The fourth-order valence-corrected chi connectivity index (χ4v) is 2.88. The van der Waals surface area contributed by atoms with Gasteiger partial charge in [0.25, 0.3) is 5.78 Å². The van der Waals surface area contributed by atoms with E-state index in [1.807, 2.05) is 6.07 Å². The second-order valence-corrected chi connectivity index (χ2v) is 4.78. The van der Waals surface area contributed by atoms with Crippen molar-refractivity contribution in [2.24, 2.45) is 0 Å². The smallest absolute Gasteiger partial charge is 0.380 e. The summed E-state index contributed by atoms with van der Waals surface area (Å²) in [7, 11) is 0. The zero-order chi connectivity index (χ0) is 13.3. The number of phenolic OH excluding ortho intramolecular Hbond substituents is 1. The Kier molecular flexibility index (Phi) is 3.34. The molecule has 0 fully saturated rings. The molecule has 1 aromatic carbocycles. The van der Waals surface area contributed by atoms with Gasteiger partial charge in [0.1, 0.15) is 5.75 Å². The number of esters is 1. The number of aromatic hydroxyl groups is 1. The van der Waals surface area contributed by atoms with Crippen LogP contribution in [0.3, 0.4) is 0 Å². The quantitative estimate of drug-likeness (QED) is 0.526. The van der Waals surface area contributed by atoms with Gasteiger partial charge in [-0.1, -0.05) is 12.1 Å². The highest BCUT2D eigenvalue weighted by molar-refractivity contribution is 7.22. The molecule has 0 aliphatic rings. The van der Waals surface area contributed by atoms with Crippen LogP contribution in [0.4, 0.5) is 0 Å². The van der Waals surface area contributed by atoms with Gasteiger partial charge in [0.05, 0.1) is 16.2 Å². The number of aryl methyl sites for hydroxylation is 1. The summed E-state index contributed by atoms with van der Waals surface area (Å²) in [6.45, 7) is 3.57. The maximum absolute atomic E-state index is 11.9. The number of hydrogen-bond acceptors (Lipinski definition) is 5. The molecular weight excluding hydrogens is 252 g/mol. The molecule has 1 N–H and O–H groups in total. The Morgan fingerprint density at radius 1 is 1.39 bits per heavy atom. The number of thiophene rings is 1. The fraction of sp³-hybridized carbons (Fsp3) is 0.231. The van der Waals surface area contributed by atoms with Crippen LogP contribution in [0.1, 0.15) is 22.2 Å². The van der Waals surface area contributed by atoms with Crippen molar-refractivity contribution in [3.63, 3.8) is 0 Å². The van der Waals surface area contributed by atoms with E-state index >= 15 is 0 Å². The van der Waals surface area contributed by atoms with Crippen molar-refractivity contribution in [2.45, 2.75) is 13.8 Å². The van der Waals surface area contributed by atoms with E-state index in [4.69, 9.17) is 4.74 Å². The molecule has 94 valence electrons. The van der Waals surface area contributed by atoms with Gasteiger partial charge < -0.3 is 9.84 Å². The predicted molar refractivity (Wildman–Crippen MR) is 69.2 cm³/mol. The molecule has 1 aromatic heterocycles. The second-order valence-electron chi connectivity index (χ2n) is 3.76. The molecule has 18 heavy (non-hydrogen) atoms. The standard InChI is InChI=1S/C13H12O4S/c1-3-17-13(16)10(15)11-7(2)8-5-4-6-9(14)12(8)18-11/h4-6,14H,3H2,1-2H3. The highest BCUT2D eigenvalue weighted by Crippen LogP contribution is 2.36. The number of benzene rings is 1. The van der Waals surface area contributed by atoms with Gasteiger partial charge >= 0.3 is 5.97 Å². The van der Waals surface area contributed by atoms with Crippen molar-refractivity contribution in [1.82, 2.24) is 0 Å². The first-order chi connectivity index (χ1) is 8.56. The molecule has 0 aliphatic heterocycles. The zero-order valence-electron chi connectivity index (χ0n) is 10.0. The molecule has 0 aliphatic carbocycles. The Balaban J connectivity index is 2.52. The minimum atomic E-state index is -0.855. The average Bonchev–Trinajstić information content (AvgIpc) is 2.68. The number of phenols is 1. The summed E-state index contributed by atoms with van der Waals surface area (Å²) in [6, 6.07) is 5.07. The van der Waals surface area contributed by atoms with E-state index in [-0.39, 0.29) is 12.4 Å². The van der Waals surface area contributed by atoms with Crippen LogP contribution in [-0.2, 0) is 9.53 Å². The number of ether oxygens (including phenoxy) is 1. The van der Waals surface area contributed by atoms with Crippen molar-refractivity contribution in [3.8, 4) is 5.75 Å². The lowest BCUT2D eigenvalue weighted by atomic mass is 10.1. The van der Waals surface area contributed by atoms with Crippen LogP contribution in [0.25, 0.3) is 10.1 Å². The first kappa shape index (κ1) is 12.6. The summed E-state index contributed by atoms with van der Waals surface area (Å²) in [5, 5.41) is 10.5. The Hall–Kier alpha value is -1.88. The summed E-state index contributed by atoms with van der Waals surface area (Å²) >= 11 is 1.11. The van der Waals surface area contributed by atoms with Crippen molar-refractivity contribution < 1.29 is 19.4 Å². The first-order valence-electron chi connectivity index (χ1n) is 5.48. The molecule has 0 spiro atoms. The molecule has 5 heteroatoms. The molecule has 0 amide bonds. The molecule has 0 saturated heterocycles. The van der Waals surface area contributed by atoms with Crippen LogP contribution in [-0.4, -0.2) is 23.5 Å². The summed E-state index contributed by atoms with van der Waals surface area (Å²) in [6.07, 6.45) is 0. The fourth-order valence-electron chi connectivity index (χ4n) is 1.73. The monoisotopic (exact) mass is 264 g/mol. The number of carbonyl (C=O) groups excluding carboxylic acids is 2. The minimum Gasteiger partial charge on any atom is -0.506 e. The molecule has 1 heterocycles. The Morgan fingerprint density at radius 2 is 2.11 bits per heavy atom. The Bertz CT molecular complexity index is 627. The molecule has 2 rings (SSSR count). The van der Waals surface area contributed by atoms with E-state index in [1.54, 1.807) is 26.0 Å². The van der Waals surface area contributed by atoms with Gasteiger partial charge in [0, 0.05) is 0 Å². The SMILES string of the molecule is CCOC(=O)C(=O)c1sc2c(O)cccc2c1C. The highest BCUT2D eigenvalue weighted by atomic mass is 32.1. The maximum Gasteiger partial charge on any atom is 0.380 e. The number of hydrogen-bond donors (Lipinski definition) is 1. The molecule has 0 unspecified atom stereocenters. The molecule has 2 aromatic rings. The number of rotatable bonds is 3. The van der Waals surface area contributed by atoms with Gasteiger partial charge in [-0.2, -0.15) is 0 Å². The van der Waals surface area contributed by atoms with Crippen molar-refractivity contribution in [3.05, 3.63) is 28.6 Å². The maximum atomic E-state index is 11.9. The zero-order valence-corrected chi connectivity index (χ0v) is 10.8. The number of Topliss-reactive ketones (excluding diaryl/α,β-unsaturated/α-hetero) is 1. The van der Waals surface area contributed by atoms with Gasteiger partial charge in [0.2, 0.25) is 0 Å². The van der Waals surface area contributed by atoms with Crippen LogP contribution < -0.4 is 0 Å². The molecule has 0 atom stereocenters. The summed E-state index contributed by atoms with van der Waals surface area (Å²) in [5.74, 6) is -1.40. The van der Waals surface area contributed by atoms with Crippen LogP contribution in [0.5, 0.6) is 5.75 Å². The predicted octanol–water partition coefficient (Wildman–Crippen LogP) is 2.66. The molecule has 0 bridgehead atoms. The lowest BCUT2D eigenvalue weighted by molar-refractivity contribution is -0.137. The number of fused-ring (bicyclic) bond motifs is 1. The van der Waals surface area contributed by atoms with Crippen LogP contribution in [0.15, 0.2) is 18.2 Å². The summed E-state index contributed by atoms with van der Waals surface area (Å²) in [4.78, 5) is 23.6. The number of carbonyl (C=O) groups is 2. The van der Waals surface area contributed by atoms with Crippen LogP contribution in [0.2, 0.25) is 0 Å². The van der Waals surface area contributed by atoms with E-state index in [2.05, 4.69) is 0 Å². The Morgan fingerprint density at radius 3 is 2.72 bits per heavy atom. The minimum absolute atomic E-state index is 0.114. The third-order valence-electron chi connectivity index (χ3n) is 2.61. The van der Waals surface area contributed by atoms with Gasteiger partial charge in [0.15, 0.2) is 0 Å². The van der Waals surface area contributed by atoms with Gasteiger partial charge in [-0.25, -0.2) is 4.79 Å². The molecule has 0 radical (unpaired) electrons. The van der Waals surface area contributed by atoms with E-state index in [0.717, 1.165) is 16.7 Å². The molecule has 0 saturated carbocycles. The van der Waals surface area contributed by atoms with Crippen molar-refractivity contribution >= 4 is 33.2 Å². The molecular formula is C13H12O4S. The average molecular weight is 264 g/mol. The lowest BCUT2D eigenvalue weighted by Gasteiger charge is -1.99. The lowest BCUT2D eigenvalue weighted by Crippen LogP contribution is -2.17. The second kappa shape index (κ2) is 4.78. The normalized spacial score (nSPS) is 10.6. The van der Waals surface area contributed by atoms with Crippen molar-refractivity contribution in [2.75, 3.05) is 6.61 Å². The highest BCUT2D eigenvalue weighted by Gasteiger charge is 2.23. The van der Waals surface area contributed by atoms with Crippen LogP contribution >= 0.6 is 11.3 Å². The number of ketones is 1. The Labute approximate surface area is 108 Å². The van der Waals surface area contributed by atoms with Gasteiger partial charge in [-0.15, -0.1) is 11.3 Å². The van der Waals surface area contributed by atoms with E-state index in [9.17, 15) is 14.7 Å². The van der Waals surface area contributed by atoms with Crippen molar-refractivity contribution in [1.29, 1.82) is 0 Å². The topological polar surface area (TPSA) is 63.6 Å². The molecule has 4 nitrogen and oxygen atoms in total. The van der Waals surface area contributed by atoms with Gasteiger partial charge in [-0.05, 0) is 30.9 Å². The largest absolute Gasteiger partial charge is 0.506 e. The van der Waals surface area contributed by atoms with Crippen LogP contribution in [0, 0.1) is 6.92 Å². The summed E-state index contributed by atoms with van der Waals surface area (Å²) in [5.41, 5.74) is 0.698.